The van der Waals surface area contributed by atoms with E-state index in [1.807, 2.05) is 28.1 Å². The number of rotatable bonds is 23. The lowest BCUT2D eigenvalue weighted by Gasteiger charge is -2.39. The summed E-state index contributed by atoms with van der Waals surface area (Å²) in [5.74, 6) is 0. The fourth-order valence-electron chi connectivity index (χ4n) is 4.81. The molecule has 0 bridgehead atoms. The third-order valence-corrected chi connectivity index (χ3v) is 9.06. The minimum Gasteiger partial charge on any atom is -0.590 e. The maximum Gasteiger partial charge on any atom is 0.376 e. The lowest BCUT2D eigenvalue weighted by molar-refractivity contribution is -0.910. The van der Waals surface area contributed by atoms with Gasteiger partial charge in [-0.1, -0.05) is 114 Å². The molecule has 32 heavy (non-hydrogen) atoms. The summed E-state index contributed by atoms with van der Waals surface area (Å²) in [5, 5.41) is -0.598. The molecule has 0 spiro atoms. The molecule has 2 atom stereocenters. The first-order valence-corrected chi connectivity index (χ1v) is 15.1. The van der Waals surface area contributed by atoms with Crippen molar-refractivity contribution < 1.29 is 13.9 Å². The number of quaternary nitrogens is 1. The van der Waals surface area contributed by atoms with Gasteiger partial charge >= 0.3 is 8.03 Å². The van der Waals surface area contributed by atoms with Crippen molar-refractivity contribution in [1.82, 2.24) is 0 Å². The van der Waals surface area contributed by atoms with Crippen LogP contribution in [0.1, 0.15) is 142 Å². The standard InChI is InChI=1S/C28H57NO2P/c1-6-8-9-10-11-12-13-14-15-16-17-18-19-20-21-22-23-24-25-26-27-28(7-2,32(30)31)29(3,4)5/h14-15H,6-13,16-27H2,1-5H3/q+1. The van der Waals surface area contributed by atoms with E-state index in [1.165, 1.54) is 103 Å². The second-order valence-corrected chi connectivity index (χ2v) is 12.1. The highest BCUT2D eigenvalue weighted by Crippen LogP contribution is 2.44. The van der Waals surface area contributed by atoms with Crippen LogP contribution in [0.3, 0.4) is 0 Å². The summed E-state index contributed by atoms with van der Waals surface area (Å²) in [6.07, 6.45) is 30.1. The second kappa shape index (κ2) is 20.2. The van der Waals surface area contributed by atoms with Gasteiger partial charge in [-0.3, -0.25) is 4.48 Å². The van der Waals surface area contributed by atoms with Crippen LogP contribution in [0.15, 0.2) is 12.2 Å². The molecule has 0 fully saturated rings. The molecule has 0 amide bonds. The zero-order valence-electron chi connectivity index (χ0n) is 22.5. The van der Waals surface area contributed by atoms with E-state index in [4.69, 9.17) is 0 Å². The van der Waals surface area contributed by atoms with E-state index in [0.717, 1.165) is 19.3 Å². The van der Waals surface area contributed by atoms with Crippen molar-refractivity contribution in [3.05, 3.63) is 12.2 Å². The maximum atomic E-state index is 11.9. The average Bonchev–Trinajstić information content (AvgIpc) is 2.74. The molecule has 0 aromatic heterocycles. The van der Waals surface area contributed by atoms with Gasteiger partial charge in [0.2, 0.25) is 0 Å². The van der Waals surface area contributed by atoms with Crippen molar-refractivity contribution >= 4 is 8.03 Å². The average molecular weight is 471 g/mol. The Morgan fingerprint density at radius 1 is 0.656 bits per heavy atom. The molecule has 0 aromatic rings. The highest BCUT2D eigenvalue weighted by atomic mass is 31.1. The van der Waals surface area contributed by atoms with E-state index < -0.39 is 13.3 Å². The van der Waals surface area contributed by atoms with E-state index in [-0.39, 0.29) is 0 Å². The molecule has 0 aromatic carbocycles. The largest absolute Gasteiger partial charge is 0.590 e. The van der Waals surface area contributed by atoms with Gasteiger partial charge < -0.3 is 4.89 Å². The van der Waals surface area contributed by atoms with E-state index in [1.54, 1.807) is 0 Å². The molecule has 190 valence electrons. The summed E-state index contributed by atoms with van der Waals surface area (Å²) in [4.78, 5) is 11.9. The van der Waals surface area contributed by atoms with Gasteiger partial charge in [-0.25, -0.2) is 0 Å². The fourth-order valence-corrected chi connectivity index (χ4v) is 5.90. The number of hydrogen-bond donors (Lipinski definition) is 0. The molecule has 0 saturated carbocycles. The summed E-state index contributed by atoms with van der Waals surface area (Å²) >= 11 is 0. The highest BCUT2D eigenvalue weighted by Gasteiger charge is 2.52. The quantitative estimate of drug-likeness (QED) is 0.0647. The van der Waals surface area contributed by atoms with E-state index in [0.29, 0.717) is 10.9 Å². The maximum absolute atomic E-state index is 11.9. The molecule has 0 saturated heterocycles. The number of unbranched alkanes of at least 4 members (excludes halogenated alkanes) is 16. The van der Waals surface area contributed by atoms with Crippen LogP contribution in [0.5, 0.6) is 0 Å². The molecular weight excluding hydrogens is 413 g/mol. The SMILES string of the molecule is CCCCCCCCC=CCCCCCCCCCCCCC(CC)([P+](=O)[O-])[N+](C)(C)C. The van der Waals surface area contributed by atoms with E-state index in [2.05, 4.69) is 19.1 Å². The lowest BCUT2D eigenvalue weighted by atomic mass is 10.0. The normalized spacial score (nSPS) is 14.8. The summed E-state index contributed by atoms with van der Waals surface area (Å²) in [7, 11) is 3.63. The van der Waals surface area contributed by atoms with Gasteiger partial charge in [0.25, 0.3) is 5.28 Å². The van der Waals surface area contributed by atoms with Gasteiger partial charge in [0, 0.05) is 12.8 Å². The molecule has 0 aliphatic heterocycles. The Morgan fingerprint density at radius 3 is 1.38 bits per heavy atom. The fraction of sp³-hybridized carbons (Fsp3) is 0.929. The highest BCUT2D eigenvalue weighted by molar-refractivity contribution is 7.38. The van der Waals surface area contributed by atoms with Crippen LogP contribution in [-0.2, 0) is 4.57 Å². The van der Waals surface area contributed by atoms with Gasteiger partial charge in [0.05, 0.1) is 21.1 Å². The first kappa shape index (κ1) is 31.8. The molecule has 0 N–H and O–H groups in total. The van der Waals surface area contributed by atoms with Crippen molar-refractivity contribution in [2.24, 2.45) is 0 Å². The first-order valence-electron chi connectivity index (χ1n) is 13.9. The number of allylic oxidation sites excluding steroid dienone is 2. The van der Waals surface area contributed by atoms with Crippen LogP contribution in [-0.4, -0.2) is 30.9 Å². The summed E-state index contributed by atoms with van der Waals surface area (Å²) in [6, 6.07) is 0. The van der Waals surface area contributed by atoms with Crippen LogP contribution in [0.25, 0.3) is 0 Å². The van der Waals surface area contributed by atoms with Crippen LogP contribution in [0.4, 0.5) is 0 Å². The molecule has 0 rings (SSSR count). The summed E-state index contributed by atoms with van der Waals surface area (Å²) in [6.45, 7) is 4.29. The van der Waals surface area contributed by atoms with E-state index >= 15 is 0 Å². The molecule has 0 radical (unpaired) electrons. The van der Waals surface area contributed by atoms with Gasteiger partial charge in [-0.05, 0) is 32.1 Å². The summed E-state index contributed by atoms with van der Waals surface area (Å²) in [5.41, 5.74) is 0. The smallest absolute Gasteiger partial charge is 0.376 e. The van der Waals surface area contributed by atoms with Gasteiger partial charge in [-0.15, -0.1) is 0 Å². The minimum atomic E-state index is -2.41. The molecule has 4 heteroatoms. The number of nitrogens with zero attached hydrogens (tertiary/aromatic N) is 1. The Labute approximate surface area is 202 Å². The first-order chi connectivity index (χ1) is 15.3. The molecule has 0 aliphatic rings. The second-order valence-electron chi connectivity index (χ2n) is 10.7. The van der Waals surface area contributed by atoms with Crippen LogP contribution >= 0.6 is 8.03 Å². The van der Waals surface area contributed by atoms with Crippen LogP contribution in [0.2, 0.25) is 0 Å². The Balaban J connectivity index is 3.51. The topological polar surface area (TPSA) is 40.1 Å². The molecule has 2 unspecified atom stereocenters. The lowest BCUT2D eigenvalue weighted by Crippen LogP contribution is -2.55. The van der Waals surface area contributed by atoms with Crippen molar-refractivity contribution in [1.29, 1.82) is 0 Å². The van der Waals surface area contributed by atoms with Crippen molar-refractivity contribution in [2.75, 3.05) is 21.1 Å². The van der Waals surface area contributed by atoms with Crippen molar-refractivity contribution in [3.8, 4) is 0 Å². The van der Waals surface area contributed by atoms with Gasteiger partial charge in [-0.2, -0.15) is 0 Å². The zero-order chi connectivity index (χ0) is 24.1. The predicted molar refractivity (Wildman–Crippen MR) is 141 cm³/mol. The third kappa shape index (κ3) is 14.8. The van der Waals surface area contributed by atoms with Gasteiger partial charge in [0.15, 0.2) is 0 Å². The van der Waals surface area contributed by atoms with Gasteiger partial charge in [0.1, 0.15) is 0 Å². The monoisotopic (exact) mass is 470 g/mol. The molecule has 0 aliphatic carbocycles. The summed E-state index contributed by atoms with van der Waals surface area (Å²) < 4.78 is 12.5. The van der Waals surface area contributed by atoms with Crippen molar-refractivity contribution in [3.63, 3.8) is 0 Å². The zero-order valence-corrected chi connectivity index (χ0v) is 23.4. The van der Waals surface area contributed by atoms with Crippen LogP contribution in [0, 0.1) is 0 Å². The Hall–Kier alpha value is -0.240. The van der Waals surface area contributed by atoms with E-state index in [9.17, 15) is 9.46 Å². The predicted octanol–water partition coefficient (Wildman–Crippen LogP) is 8.89. The third-order valence-electron chi connectivity index (χ3n) is 7.24. The van der Waals surface area contributed by atoms with Crippen LogP contribution < -0.4 is 4.89 Å². The molecule has 0 heterocycles. The Morgan fingerprint density at radius 2 is 1.03 bits per heavy atom. The number of hydrogen-bond acceptors (Lipinski definition) is 2. The van der Waals surface area contributed by atoms with Crippen molar-refractivity contribution in [2.45, 2.75) is 148 Å². The molecule has 3 nitrogen and oxygen atoms in total. The minimum absolute atomic E-state index is 0.511. The Kier molecular flexibility index (Phi) is 20.0. The molecular formula is C28H57NO2P+. The Bertz CT molecular complexity index is 473.